The molecule has 88 valence electrons. The van der Waals surface area contributed by atoms with Gasteiger partial charge in [0.05, 0.1) is 0 Å². The summed E-state index contributed by atoms with van der Waals surface area (Å²) in [5.41, 5.74) is 1.02. The summed E-state index contributed by atoms with van der Waals surface area (Å²) in [5.74, 6) is -0.758. The second kappa shape index (κ2) is 3.31. The summed E-state index contributed by atoms with van der Waals surface area (Å²) in [7, 11) is 5.80. The van der Waals surface area contributed by atoms with Crippen molar-refractivity contribution in [3.05, 3.63) is 27.3 Å². The van der Waals surface area contributed by atoms with Gasteiger partial charge in [-0.05, 0) is 0 Å². The van der Waals surface area contributed by atoms with E-state index in [0.717, 1.165) is 5.69 Å². The maximum absolute atomic E-state index is 11.5. The summed E-state index contributed by atoms with van der Waals surface area (Å²) in [4.78, 5) is 11.4. The van der Waals surface area contributed by atoms with Crippen molar-refractivity contribution < 1.29 is 14.4 Å². The number of carbonyl (C=O) groups excluding carboxylic acids is 1. The molecule has 0 bridgehead atoms. The van der Waals surface area contributed by atoms with Gasteiger partial charge in [-0.15, -0.1) is 0 Å². The monoisotopic (exact) mass is 337 g/mol. The van der Waals surface area contributed by atoms with E-state index in [-0.39, 0.29) is 9.13 Å². The van der Waals surface area contributed by atoms with Crippen LogP contribution in [0.15, 0.2) is 18.2 Å². The Balaban J connectivity index is 2.62. The van der Waals surface area contributed by atoms with Crippen LogP contribution in [0.3, 0.4) is 0 Å². The van der Waals surface area contributed by atoms with Gasteiger partial charge in [-0.1, -0.05) is 0 Å². The third kappa shape index (κ3) is 1.76. The van der Waals surface area contributed by atoms with Crippen LogP contribution < -0.4 is 7.92 Å². The van der Waals surface area contributed by atoms with Gasteiger partial charge < -0.3 is 0 Å². The summed E-state index contributed by atoms with van der Waals surface area (Å²) in [6.07, 6.45) is 0. The van der Waals surface area contributed by atoms with Crippen molar-refractivity contribution in [3.63, 3.8) is 0 Å². The van der Waals surface area contributed by atoms with Crippen LogP contribution in [0.1, 0.15) is 10.4 Å². The standard InChI is InChI=1S/C10H12INO4/c1-12(2,3)7-4-5-9-8(6-7)10(13)16-11(9,14)15/h4-6H,1-3H3. The van der Waals surface area contributed by atoms with Crippen LogP contribution in [-0.2, 0) is 6.14 Å². The van der Waals surface area contributed by atoms with Gasteiger partial charge in [-0.2, -0.15) is 0 Å². The van der Waals surface area contributed by atoms with E-state index in [1.165, 1.54) is 6.07 Å². The molecule has 0 aromatic heterocycles. The number of halogens is 1. The molecule has 1 atom stereocenters. The number of fused-ring (bicyclic) bond motifs is 1. The molecule has 0 radical (unpaired) electrons. The van der Waals surface area contributed by atoms with Crippen LogP contribution in [0.5, 0.6) is 0 Å². The first kappa shape index (κ1) is 11.6. The molecule has 6 heteroatoms. The minimum absolute atomic E-state index is 0.0501. The molecule has 0 spiro atoms. The molecule has 2 rings (SSSR count). The predicted molar refractivity (Wildman–Crippen MR) is 64.8 cm³/mol. The second-order valence-electron chi connectivity index (χ2n) is 4.46. The van der Waals surface area contributed by atoms with E-state index < -0.39 is 25.2 Å². The SMILES string of the molecule is C[N+](C)(C)c1ccc2c(c1)C(=O)OI2(=O)[O-]. The van der Waals surface area contributed by atoms with Gasteiger partial charge in [0.2, 0.25) is 0 Å². The molecule has 0 N–H and O–H groups in total. The molecule has 1 aliphatic heterocycles. The Labute approximate surface area is 98.2 Å². The van der Waals surface area contributed by atoms with Gasteiger partial charge in [0.25, 0.3) is 0 Å². The van der Waals surface area contributed by atoms with Gasteiger partial charge >= 0.3 is 98.2 Å². The van der Waals surface area contributed by atoms with Gasteiger partial charge in [0.15, 0.2) is 0 Å². The van der Waals surface area contributed by atoms with Crippen molar-refractivity contribution >= 4 is 30.9 Å². The summed E-state index contributed by atoms with van der Waals surface area (Å²) in [6, 6.07) is 4.74. The Kier molecular flexibility index (Phi) is 2.41. The minimum atomic E-state index is -4.90. The Bertz CT molecular complexity index is 518. The molecule has 1 aliphatic rings. The van der Waals surface area contributed by atoms with Crippen molar-refractivity contribution in [2.24, 2.45) is 0 Å². The average Bonchev–Trinajstić information content (AvgIpc) is 2.36. The van der Waals surface area contributed by atoms with Crippen molar-refractivity contribution in [1.82, 2.24) is 4.48 Å². The summed E-state index contributed by atoms with van der Waals surface area (Å²) < 4.78 is 27.9. The van der Waals surface area contributed by atoms with Gasteiger partial charge in [0.1, 0.15) is 0 Å². The van der Waals surface area contributed by atoms with Crippen LogP contribution >= 0.6 is 19.3 Å². The molecule has 0 amide bonds. The summed E-state index contributed by atoms with van der Waals surface area (Å²) >= 11 is -4.90. The van der Waals surface area contributed by atoms with Crippen LogP contribution in [0.2, 0.25) is 0 Å². The van der Waals surface area contributed by atoms with Crippen LogP contribution in [0.25, 0.3) is 0 Å². The molecule has 1 unspecified atom stereocenters. The first-order valence-corrected chi connectivity index (χ1v) is 8.33. The van der Waals surface area contributed by atoms with E-state index in [2.05, 4.69) is 3.07 Å². The molecule has 0 fully saturated rings. The first-order chi connectivity index (χ1) is 7.22. The van der Waals surface area contributed by atoms with E-state index in [1.54, 1.807) is 12.1 Å². The fourth-order valence-corrected chi connectivity index (χ4v) is 4.17. The zero-order chi connectivity index (χ0) is 12.1. The van der Waals surface area contributed by atoms with E-state index in [0.29, 0.717) is 4.48 Å². The maximum atomic E-state index is 11.5. The van der Waals surface area contributed by atoms with Crippen LogP contribution in [0.4, 0.5) is 5.69 Å². The van der Waals surface area contributed by atoms with Crippen molar-refractivity contribution in [2.45, 2.75) is 0 Å². The molecule has 16 heavy (non-hydrogen) atoms. The van der Waals surface area contributed by atoms with Crippen molar-refractivity contribution in [1.29, 1.82) is 0 Å². The van der Waals surface area contributed by atoms with Crippen molar-refractivity contribution in [2.75, 3.05) is 21.1 Å². The predicted octanol–water partition coefficient (Wildman–Crippen LogP) is 0.801. The Morgan fingerprint density at radius 1 is 1.31 bits per heavy atom. The van der Waals surface area contributed by atoms with E-state index in [9.17, 15) is 11.3 Å². The van der Waals surface area contributed by atoms with E-state index in [4.69, 9.17) is 0 Å². The molecule has 1 heterocycles. The van der Waals surface area contributed by atoms with Gasteiger partial charge in [0, 0.05) is 0 Å². The normalized spacial score (nSPS) is 28.1. The molecule has 1 aromatic rings. The van der Waals surface area contributed by atoms with Crippen LogP contribution in [0, 0.1) is 3.57 Å². The Morgan fingerprint density at radius 2 is 1.94 bits per heavy atom. The third-order valence-electron chi connectivity index (χ3n) is 2.37. The van der Waals surface area contributed by atoms with Crippen LogP contribution in [-0.4, -0.2) is 27.1 Å². The molecule has 5 nitrogen and oxygen atoms in total. The fourth-order valence-electron chi connectivity index (χ4n) is 1.46. The molecule has 0 aliphatic carbocycles. The molecule has 1 aromatic carbocycles. The summed E-state index contributed by atoms with van der Waals surface area (Å²) in [6.45, 7) is 0. The molecular formula is C10H12INO4. The number of rotatable bonds is 1. The third-order valence-corrected chi connectivity index (χ3v) is 5.71. The number of carbonyl (C=O) groups is 1. The molecule has 0 saturated carbocycles. The van der Waals surface area contributed by atoms with E-state index in [1.807, 2.05) is 21.1 Å². The number of quaternary nitrogens is 1. The Hall–Kier alpha value is -0.860. The summed E-state index contributed by atoms with van der Waals surface area (Å²) in [5, 5.41) is 0. The fraction of sp³-hybridized carbons (Fsp3) is 0.300. The second-order valence-corrected chi connectivity index (χ2v) is 8.46. The number of hydrogen-bond acceptors (Lipinski definition) is 4. The van der Waals surface area contributed by atoms with Gasteiger partial charge in [-0.25, -0.2) is 0 Å². The molecular weight excluding hydrogens is 325 g/mol. The van der Waals surface area contributed by atoms with Crippen molar-refractivity contribution in [3.8, 4) is 0 Å². The number of benzene rings is 1. The number of nitrogens with zero attached hydrogens (tertiary/aromatic N) is 1. The first-order valence-electron chi connectivity index (χ1n) is 4.61. The van der Waals surface area contributed by atoms with Gasteiger partial charge in [-0.3, -0.25) is 0 Å². The zero-order valence-corrected chi connectivity index (χ0v) is 11.3. The van der Waals surface area contributed by atoms with E-state index >= 15 is 0 Å². The zero-order valence-electron chi connectivity index (χ0n) is 9.19. The average molecular weight is 337 g/mol. The topological polar surface area (TPSA) is 66.4 Å². The molecule has 0 saturated heterocycles. The Morgan fingerprint density at radius 3 is 2.50 bits per heavy atom. The quantitative estimate of drug-likeness (QED) is 0.562. The number of hydrogen-bond donors (Lipinski definition) is 0.